The molecule has 0 radical (unpaired) electrons. The van der Waals surface area contributed by atoms with Crippen molar-refractivity contribution in [3.8, 4) is 0 Å². The highest BCUT2D eigenvalue weighted by atomic mass is 16.6. The second-order valence-electron chi connectivity index (χ2n) is 19.2. The van der Waals surface area contributed by atoms with Gasteiger partial charge in [0.2, 0.25) is 0 Å². The van der Waals surface area contributed by atoms with Crippen LogP contribution in [-0.4, -0.2) is 37.2 Å². The molecule has 396 valence electrons. The Morgan fingerprint density at radius 2 is 0.565 bits per heavy atom. The van der Waals surface area contributed by atoms with Gasteiger partial charge < -0.3 is 14.2 Å². The highest BCUT2D eigenvalue weighted by Gasteiger charge is 2.19. The van der Waals surface area contributed by atoms with Crippen molar-refractivity contribution in [1.29, 1.82) is 0 Å². The molecule has 0 saturated carbocycles. The molecule has 0 saturated heterocycles. The smallest absolute Gasteiger partial charge is 0.306 e. The molecule has 0 fully saturated rings. The van der Waals surface area contributed by atoms with Gasteiger partial charge in [0.05, 0.1) is 0 Å². The molecule has 0 N–H and O–H groups in total. The van der Waals surface area contributed by atoms with E-state index in [4.69, 9.17) is 14.2 Å². The zero-order chi connectivity index (χ0) is 50.0. The molecule has 0 amide bonds. The van der Waals surface area contributed by atoms with Crippen LogP contribution < -0.4 is 0 Å². The first kappa shape index (κ1) is 65.6. The zero-order valence-corrected chi connectivity index (χ0v) is 45.3. The van der Waals surface area contributed by atoms with Gasteiger partial charge in [0.25, 0.3) is 0 Å². The van der Waals surface area contributed by atoms with Crippen LogP contribution in [0.3, 0.4) is 0 Å². The summed E-state index contributed by atoms with van der Waals surface area (Å²) in [6, 6.07) is 0. The van der Waals surface area contributed by atoms with Gasteiger partial charge in [-0.05, 0) is 96.3 Å². The Hall–Kier alpha value is -3.41. The van der Waals surface area contributed by atoms with Crippen LogP contribution in [0.5, 0.6) is 0 Å². The molecule has 0 aliphatic rings. The summed E-state index contributed by atoms with van der Waals surface area (Å²) >= 11 is 0. The Balaban J connectivity index is 4.34. The largest absolute Gasteiger partial charge is 0.462 e. The van der Waals surface area contributed by atoms with Crippen molar-refractivity contribution < 1.29 is 28.6 Å². The van der Waals surface area contributed by atoms with E-state index in [1.807, 2.05) is 0 Å². The minimum absolute atomic E-state index is 0.0824. The summed E-state index contributed by atoms with van der Waals surface area (Å²) in [6.45, 7) is 6.50. The Morgan fingerprint density at radius 3 is 0.913 bits per heavy atom. The number of carbonyl (C=O) groups is 3. The molecule has 0 aliphatic carbocycles. The molecule has 0 aromatic heterocycles. The average molecular weight is 962 g/mol. The van der Waals surface area contributed by atoms with Crippen molar-refractivity contribution in [3.05, 3.63) is 85.1 Å². The van der Waals surface area contributed by atoms with Gasteiger partial charge in [-0.25, -0.2) is 0 Å². The molecule has 0 bridgehead atoms. The zero-order valence-electron chi connectivity index (χ0n) is 45.3. The lowest BCUT2D eigenvalue weighted by Gasteiger charge is -2.18. The van der Waals surface area contributed by atoms with Crippen molar-refractivity contribution in [2.45, 2.75) is 284 Å². The molecule has 0 aromatic rings. The fourth-order valence-electron chi connectivity index (χ4n) is 8.03. The normalized spacial score (nSPS) is 12.7. The lowest BCUT2D eigenvalue weighted by atomic mass is 10.0. The fraction of sp³-hybridized carbons (Fsp3) is 0.730. The number of carbonyl (C=O) groups excluding carboxylic acids is 3. The summed E-state index contributed by atoms with van der Waals surface area (Å²) in [6.07, 6.45) is 74.3. The Kier molecular flexibility index (Phi) is 54.3. The molecular weight excluding hydrogens is 853 g/mol. The van der Waals surface area contributed by atoms with Crippen LogP contribution in [0, 0.1) is 0 Å². The maximum atomic E-state index is 12.8. The minimum atomic E-state index is -0.785. The molecule has 6 heteroatoms. The van der Waals surface area contributed by atoms with Gasteiger partial charge in [0, 0.05) is 19.3 Å². The predicted octanol–water partition coefficient (Wildman–Crippen LogP) is 19.5. The average Bonchev–Trinajstić information content (AvgIpc) is 3.35. The quantitative estimate of drug-likeness (QED) is 0.0262. The summed E-state index contributed by atoms with van der Waals surface area (Å²) in [5.41, 5.74) is 0. The Labute approximate surface area is 426 Å². The van der Waals surface area contributed by atoms with Crippen molar-refractivity contribution >= 4 is 17.9 Å². The van der Waals surface area contributed by atoms with Crippen LogP contribution >= 0.6 is 0 Å². The Morgan fingerprint density at radius 1 is 0.304 bits per heavy atom. The van der Waals surface area contributed by atoms with Gasteiger partial charge in [0.15, 0.2) is 6.10 Å². The van der Waals surface area contributed by atoms with Gasteiger partial charge in [0.1, 0.15) is 13.2 Å². The van der Waals surface area contributed by atoms with Gasteiger partial charge >= 0.3 is 17.9 Å². The van der Waals surface area contributed by atoms with Crippen LogP contribution in [0.1, 0.15) is 278 Å². The van der Waals surface area contributed by atoms with Crippen molar-refractivity contribution in [3.63, 3.8) is 0 Å². The molecule has 0 heterocycles. The molecule has 0 rings (SSSR count). The predicted molar refractivity (Wildman–Crippen MR) is 297 cm³/mol. The van der Waals surface area contributed by atoms with Crippen LogP contribution in [0.25, 0.3) is 0 Å². The molecule has 0 aromatic carbocycles. The number of allylic oxidation sites excluding steroid dienone is 14. The molecule has 1 atom stereocenters. The van der Waals surface area contributed by atoms with Gasteiger partial charge in [-0.1, -0.05) is 247 Å². The van der Waals surface area contributed by atoms with E-state index >= 15 is 0 Å². The SMILES string of the molecule is CC/C=C\C/C=C\C/C=C\C/C=C\C/C=C\C/C=C\CCCCCCCCC(=O)OCC(COC(=O)CCCCCCCCCCCCCCC)OC(=O)CCCCCCC/C=C\CCCCCC. The van der Waals surface area contributed by atoms with E-state index in [0.717, 1.165) is 122 Å². The molecule has 0 aliphatic heterocycles. The van der Waals surface area contributed by atoms with E-state index in [9.17, 15) is 14.4 Å². The van der Waals surface area contributed by atoms with Crippen LogP contribution in [-0.2, 0) is 28.6 Å². The van der Waals surface area contributed by atoms with E-state index in [-0.39, 0.29) is 31.1 Å². The van der Waals surface area contributed by atoms with E-state index < -0.39 is 6.10 Å². The molecule has 6 nitrogen and oxygen atoms in total. The van der Waals surface area contributed by atoms with Crippen LogP contribution in [0.2, 0.25) is 0 Å². The van der Waals surface area contributed by atoms with E-state index in [1.54, 1.807) is 0 Å². The van der Waals surface area contributed by atoms with Crippen molar-refractivity contribution in [2.75, 3.05) is 13.2 Å². The maximum absolute atomic E-state index is 12.8. The third-order valence-electron chi connectivity index (χ3n) is 12.4. The second kappa shape index (κ2) is 57.2. The standard InChI is InChI=1S/C63H108O6/c1-4-7-10-13-16-19-22-25-26-27-28-29-30-31-32-33-34-35-36-39-41-44-47-50-53-56-62(65)68-59-60(69-63(66)57-54-51-48-45-42-38-24-21-18-15-12-9-6-3)58-67-61(64)55-52-49-46-43-40-37-23-20-17-14-11-8-5-2/h7,10,16,19,21,24-26,28-29,31-32,34-35,60H,4-6,8-9,11-15,17-18,20,22-23,27,30,33,36-59H2,1-3H3/b10-7-,19-16-,24-21-,26-25-,29-28-,32-31-,35-34-. The topological polar surface area (TPSA) is 78.9 Å². The summed E-state index contributed by atoms with van der Waals surface area (Å²) in [4.78, 5) is 38.1. The first-order chi connectivity index (χ1) is 34.0. The molecular formula is C63H108O6. The highest BCUT2D eigenvalue weighted by molar-refractivity contribution is 5.71. The summed E-state index contributed by atoms with van der Waals surface area (Å²) in [7, 11) is 0. The monoisotopic (exact) mass is 961 g/mol. The fourth-order valence-corrected chi connectivity index (χ4v) is 8.03. The van der Waals surface area contributed by atoms with Gasteiger partial charge in [-0.15, -0.1) is 0 Å². The van der Waals surface area contributed by atoms with Crippen molar-refractivity contribution in [1.82, 2.24) is 0 Å². The van der Waals surface area contributed by atoms with E-state index in [2.05, 4.69) is 106 Å². The third kappa shape index (κ3) is 55.4. The van der Waals surface area contributed by atoms with Crippen LogP contribution in [0.15, 0.2) is 85.1 Å². The summed E-state index contributed by atoms with van der Waals surface area (Å²) < 4.78 is 16.8. The maximum Gasteiger partial charge on any atom is 0.306 e. The van der Waals surface area contributed by atoms with E-state index in [1.165, 1.54) is 116 Å². The van der Waals surface area contributed by atoms with Crippen molar-refractivity contribution in [2.24, 2.45) is 0 Å². The highest BCUT2D eigenvalue weighted by Crippen LogP contribution is 2.15. The molecule has 1 unspecified atom stereocenters. The van der Waals surface area contributed by atoms with Crippen LogP contribution in [0.4, 0.5) is 0 Å². The van der Waals surface area contributed by atoms with E-state index in [0.29, 0.717) is 19.3 Å². The number of esters is 3. The van der Waals surface area contributed by atoms with Gasteiger partial charge in [-0.2, -0.15) is 0 Å². The lowest BCUT2D eigenvalue weighted by Crippen LogP contribution is -2.30. The summed E-state index contributed by atoms with van der Waals surface area (Å²) in [5, 5.41) is 0. The molecule has 69 heavy (non-hydrogen) atoms. The first-order valence-electron chi connectivity index (χ1n) is 29.1. The molecule has 0 spiro atoms. The number of unbranched alkanes of at least 4 members (excludes halogenated alkanes) is 27. The third-order valence-corrected chi connectivity index (χ3v) is 12.4. The summed E-state index contributed by atoms with van der Waals surface area (Å²) in [5.74, 6) is -0.900. The lowest BCUT2D eigenvalue weighted by molar-refractivity contribution is -0.167. The first-order valence-corrected chi connectivity index (χ1v) is 29.1. The number of ether oxygens (including phenoxy) is 3. The van der Waals surface area contributed by atoms with Gasteiger partial charge in [-0.3, -0.25) is 14.4 Å². The second-order valence-corrected chi connectivity index (χ2v) is 19.2. The minimum Gasteiger partial charge on any atom is -0.462 e. The number of hydrogen-bond donors (Lipinski definition) is 0. The Bertz CT molecular complexity index is 1330. The number of rotatable bonds is 52. The number of hydrogen-bond acceptors (Lipinski definition) is 6.